The zero-order valence-corrected chi connectivity index (χ0v) is 59.1. The van der Waals surface area contributed by atoms with Crippen LogP contribution in [0, 0.1) is 0 Å². The summed E-state index contributed by atoms with van der Waals surface area (Å²) in [7, 11) is 0. The summed E-state index contributed by atoms with van der Waals surface area (Å²) < 4.78 is 5.51. The molecule has 0 aromatic heterocycles. The van der Waals surface area contributed by atoms with Gasteiger partial charge in [0.25, 0.3) is 0 Å². The number of unbranched alkanes of at least 4 members (excludes halogenated alkanes) is 66. The molecule has 6 heteroatoms. The molecule has 0 rings (SSSR count). The van der Waals surface area contributed by atoms with Crippen molar-refractivity contribution < 1.29 is 24.5 Å². The predicted octanol–water partition coefficient (Wildman–Crippen LogP) is 26.5. The Balaban J connectivity index is 3.31. The number of amides is 1. The second-order valence-electron chi connectivity index (χ2n) is 28.1. The second-order valence-corrected chi connectivity index (χ2v) is 28.1. The second kappa shape index (κ2) is 76.3. The van der Waals surface area contributed by atoms with Crippen molar-refractivity contribution in [1.82, 2.24) is 5.32 Å². The van der Waals surface area contributed by atoms with Crippen LogP contribution in [-0.2, 0) is 14.3 Å². The lowest BCUT2D eigenvalue weighted by atomic mass is 10.0. The highest BCUT2D eigenvalue weighted by atomic mass is 16.5. The van der Waals surface area contributed by atoms with E-state index < -0.39 is 12.1 Å². The van der Waals surface area contributed by atoms with Gasteiger partial charge in [-0.15, -0.1) is 0 Å². The highest BCUT2D eigenvalue weighted by Gasteiger charge is 2.20. The highest BCUT2D eigenvalue weighted by Crippen LogP contribution is 2.21. The standard InChI is InChI=1S/C80H159NO5/c1-3-5-7-9-11-13-15-17-19-20-21-22-35-38-41-45-48-52-56-60-64-68-72-78(83)77(76-82)81-79(84)73-69-65-61-57-53-49-46-42-39-36-33-31-29-27-25-23-24-26-28-30-32-34-37-40-43-47-51-55-59-63-67-71-75-86-80(85)74-70-66-62-58-54-50-44-18-16-14-12-10-8-6-4-2/h77-78,82-83H,3-76H2,1-2H3,(H,81,84). The minimum absolute atomic E-state index is 0.0241. The lowest BCUT2D eigenvalue weighted by Crippen LogP contribution is -2.45. The topological polar surface area (TPSA) is 95.9 Å². The Morgan fingerprint density at radius 2 is 0.477 bits per heavy atom. The van der Waals surface area contributed by atoms with E-state index in [2.05, 4.69) is 19.2 Å². The van der Waals surface area contributed by atoms with Crippen LogP contribution in [-0.4, -0.2) is 47.4 Å². The molecule has 0 saturated heterocycles. The van der Waals surface area contributed by atoms with E-state index in [0.29, 0.717) is 25.9 Å². The molecule has 0 spiro atoms. The third kappa shape index (κ3) is 71.9. The van der Waals surface area contributed by atoms with Crippen LogP contribution >= 0.6 is 0 Å². The Bertz CT molecular complexity index is 1260. The largest absolute Gasteiger partial charge is 0.466 e. The number of carbonyl (C=O) groups excluding carboxylic acids is 2. The summed E-state index contributed by atoms with van der Waals surface area (Å²) in [6.07, 6.45) is 94.9. The van der Waals surface area contributed by atoms with Crippen LogP contribution in [0.1, 0.15) is 476 Å². The molecular formula is C80H159NO5. The van der Waals surface area contributed by atoms with E-state index in [1.54, 1.807) is 0 Å². The molecule has 0 aromatic rings. The zero-order valence-electron chi connectivity index (χ0n) is 59.1. The van der Waals surface area contributed by atoms with Gasteiger partial charge < -0.3 is 20.3 Å². The molecule has 0 saturated carbocycles. The molecule has 0 aliphatic carbocycles. The number of nitrogens with one attached hydrogen (secondary N) is 1. The van der Waals surface area contributed by atoms with Crippen LogP contribution in [0.5, 0.6) is 0 Å². The Morgan fingerprint density at radius 1 is 0.279 bits per heavy atom. The van der Waals surface area contributed by atoms with E-state index in [1.165, 1.54) is 405 Å². The van der Waals surface area contributed by atoms with Gasteiger partial charge in [0, 0.05) is 12.8 Å². The summed E-state index contributed by atoms with van der Waals surface area (Å²) in [6, 6.07) is -0.538. The summed E-state index contributed by atoms with van der Waals surface area (Å²) >= 11 is 0. The quantitative estimate of drug-likeness (QED) is 0.0417. The monoisotopic (exact) mass is 1210 g/mol. The maximum atomic E-state index is 12.6. The number of aliphatic hydroxyl groups is 2. The van der Waals surface area contributed by atoms with Crippen LogP contribution in [0.25, 0.3) is 0 Å². The summed E-state index contributed by atoms with van der Waals surface area (Å²) in [4.78, 5) is 24.7. The van der Waals surface area contributed by atoms with Crippen molar-refractivity contribution in [2.24, 2.45) is 0 Å². The fourth-order valence-corrected chi connectivity index (χ4v) is 13.3. The number of aliphatic hydroxyl groups excluding tert-OH is 2. The zero-order chi connectivity index (χ0) is 62.0. The number of esters is 1. The molecule has 0 heterocycles. The van der Waals surface area contributed by atoms with Crippen molar-refractivity contribution in [2.45, 2.75) is 488 Å². The number of hydrogen-bond donors (Lipinski definition) is 3. The highest BCUT2D eigenvalue weighted by molar-refractivity contribution is 5.76. The fraction of sp³-hybridized carbons (Fsp3) is 0.975. The smallest absolute Gasteiger partial charge is 0.305 e. The van der Waals surface area contributed by atoms with Crippen LogP contribution in [0.4, 0.5) is 0 Å². The van der Waals surface area contributed by atoms with Crippen molar-refractivity contribution in [3.8, 4) is 0 Å². The maximum Gasteiger partial charge on any atom is 0.305 e. The SMILES string of the molecule is CCCCCCCCCCCCCCCCCCCCCCCCC(O)C(CO)NC(=O)CCCCCCCCCCCCCCCCCCCCCCCCCCCCCCCCCCOC(=O)CCCCCCCCCCCCCCCCC. The predicted molar refractivity (Wildman–Crippen MR) is 380 cm³/mol. The lowest BCUT2D eigenvalue weighted by Gasteiger charge is -2.22. The van der Waals surface area contributed by atoms with Gasteiger partial charge in [-0.3, -0.25) is 9.59 Å². The van der Waals surface area contributed by atoms with Crippen molar-refractivity contribution in [3.63, 3.8) is 0 Å². The maximum absolute atomic E-state index is 12.6. The normalized spacial score (nSPS) is 12.4. The first-order chi connectivity index (χ1) is 42.5. The number of ether oxygens (including phenoxy) is 1. The molecular weight excluding hydrogens is 1050 g/mol. The van der Waals surface area contributed by atoms with Gasteiger partial charge in [-0.1, -0.05) is 438 Å². The first-order valence-corrected chi connectivity index (χ1v) is 40.3. The molecule has 0 fully saturated rings. The van der Waals surface area contributed by atoms with E-state index in [9.17, 15) is 19.8 Å². The van der Waals surface area contributed by atoms with Crippen LogP contribution in [0.2, 0.25) is 0 Å². The van der Waals surface area contributed by atoms with Crippen LogP contribution in [0.15, 0.2) is 0 Å². The number of carbonyl (C=O) groups is 2. The Kier molecular flexibility index (Phi) is 75.3. The summed E-state index contributed by atoms with van der Waals surface area (Å²) in [5.74, 6) is 0.00163. The van der Waals surface area contributed by atoms with Gasteiger partial charge in [0.05, 0.1) is 25.4 Å². The summed E-state index contributed by atoms with van der Waals surface area (Å²) in [5, 5.41) is 23.5. The molecule has 2 unspecified atom stereocenters. The van der Waals surface area contributed by atoms with E-state index in [4.69, 9.17) is 4.74 Å². The van der Waals surface area contributed by atoms with Crippen LogP contribution < -0.4 is 5.32 Å². The molecule has 1 amide bonds. The molecule has 86 heavy (non-hydrogen) atoms. The fourth-order valence-electron chi connectivity index (χ4n) is 13.3. The van der Waals surface area contributed by atoms with E-state index in [0.717, 1.165) is 38.5 Å². The van der Waals surface area contributed by atoms with E-state index in [-0.39, 0.29) is 18.5 Å². The molecule has 0 aliphatic heterocycles. The minimum Gasteiger partial charge on any atom is -0.466 e. The number of hydrogen-bond acceptors (Lipinski definition) is 5. The van der Waals surface area contributed by atoms with Gasteiger partial charge in [0.2, 0.25) is 5.91 Å². The molecule has 0 aromatic carbocycles. The van der Waals surface area contributed by atoms with Gasteiger partial charge >= 0.3 is 5.97 Å². The third-order valence-electron chi connectivity index (χ3n) is 19.4. The molecule has 0 radical (unpaired) electrons. The Labute approximate surface area is 540 Å². The van der Waals surface area contributed by atoms with Crippen molar-refractivity contribution in [3.05, 3.63) is 0 Å². The van der Waals surface area contributed by atoms with E-state index in [1.807, 2.05) is 0 Å². The van der Waals surface area contributed by atoms with Gasteiger partial charge in [0.15, 0.2) is 0 Å². The molecule has 0 aliphatic rings. The molecule has 6 nitrogen and oxygen atoms in total. The Morgan fingerprint density at radius 3 is 0.709 bits per heavy atom. The van der Waals surface area contributed by atoms with E-state index >= 15 is 0 Å². The first-order valence-electron chi connectivity index (χ1n) is 40.3. The summed E-state index contributed by atoms with van der Waals surface area (Å²) in [5.41, 5.74) is 0. The number of rotatable bonds is 77. The third-order valence-corrected chi connectivity index (χ3v) is 19.4. The molecule has 0 bridgehead atoms. The first kappa shape index (κ1) is 84.9. The minimum atomic E-state index is -0.661. The van der Waals surface area contributed by atoms with Gasteiger partial charge in [-0.25, -0.2) is 0 Å². The Hall–Kier alpha value is -1.14. The van der Waals surface area contributed by atoms with Crippen molar-refractivity contribution >= 4 is 11.9 Å². The summed E-state index contributed by atoms with van der Waals surface area (Å²) in [6.45, 7) is 5.02. The average molecular weight is 1220 g/mol. The van der Waals surface area contributed by atoms with Gasteiger partial charge in [0.1, 0.15) is 0 Å². The lowest BCUT2D eigenvalue weighted by molar-refractivity contribution is -0.143. The van der Waals surface area contributed by atoms with Crippen LogP contribution in [0.3, 0.4) is 0 Å². The van der Waals surface area contributed by atoms with Gasteiger partial charge in [-0.2, -0.15) is 0 Å². The average Bonchev–Trinajstić information content (AvgIpc) is 3.52. The van der Waals surface area contributed by atoms with Gasteiger partial charge in [-0.05, 0) is 25.7 Å². The molecule has 514 valence electrons. The van der Waals surface area contributed by atoms with Crippen molar-refractivity contribution in [1.29, 1.82) is 0 Å². The molecule has 3 N–H and O–H groups in total. The van der Waals surface area contributed by atoms with Crippen molar-refractivity contribution in [2.75, 3.05) is 13.2 Å². The molecule has 2 atom stereocenters.